The Morgan fingerprint density at radius 3 is 2.74 bits per heavy atom. The van der Waals surface area contributed by atoms with Crippen molar-refractivity contribution in [3.8, 4) is 0 Å². The number of sulfonamides is 1. The molecule has 1 saturated heterocycles. The molecular formula is C15H14FNO4S2. The van der Waals surface area contributed by atoms with Gasteiger partial charge in [-0.15, -0.1) is 11.3 Å². The Balaban J connectivity index is 1.81. The van der Waals surface area contributed by atoms with Crippen molar-refractivity contribution in [1.82, 2.24) is 4.31 Å². The number of rotatable bonds is 4. The minimum atomic E-state index is -3.71. The maximum Gasteiger partial charge on any atom is 0.345 e. The summed E-state index contributed by atoms with van der Waals surface area (Å²) in [5, 5.41) is 8.91. The topological polar surface area (TPSA) is 74.7 Å². The van der Waals surface area contributed by atoms with Gasteiger partial charge in [0.2, 0.25) is 0 Å². The summed E-state index contributed by atoms with van der Waals surface area (Å²) in [7, 11) is -3.71. The minimum absolute atomic E-state index is 0.00977. The molecule has 1 unspecified atom stereocenters. The molecule has 0 saturated carbocycles. The van der Waals surface area contributed by atoms with E-state index in [2.05, 4.69) is 0 Å². The smallest absolute Gasteiger partial charge is 0.345 e. The molecule has 1 aliphatic rings. The number of aromatic carboxylic acids is 1. The summed E-state index contributed by atoms with van der Waals surface area (Å²) in [5.74, 6) is -1.54. The van der Waals surface area contributed by atoms with Gasteiger partial charge in [0, 0.05) is 13.1 Å². The predicted molar refractivity (Wildman–Crippen MR) is 83.8 cm³/mol. The number of carbonyl (C=O) groups is 1. The Hall–Kier alpha value is -1.77. The van der Waals surface area contributed by atoms with Crippen molar-refractivity contribution in [2.24, 2.45) is 0 Å². The highest BCUT2D eigenvalue weighted by molar-refractivity contribution is 7.91. The number of hydrogen-bond acceptors (Lipinski definition) is 4. The number of nitrogens with zero attached hydrogens (tertiary/aromatic N) is 1. The fourth-order valence-corrected chi connectivity index (χ4v) is 5.48. The normalized spacial score (nSPS) is 19.1. The van der Waals surface area contributed by atoms with Crippen LogP contribution in [-0.2, 0) is 10.0 Å². The Morgan fingerprint density at radius 1 is 1.30 bits per heavy atom. The van der Waals surface area contributed by atoms with Crippen LogP contribution < -0.4 is 0 Å². The molecular weight excluding hydrogens is 341 g/mol. The van der Waals surface area contributed by atoms with Crippen LogP contribution in [0.5, 0.6) is 0 Å². The summed E-state index contributed by atoms with van der Waals surface area (Å²) < 4.78 is 39.8. The number of carboxylic acid groups (broad SMARTS) is 1. The summed E-state index contributed by atoms with van der Waals surface area (Å²) >= 11 is 0.745. The highest BCUT2D eigenvalue weighted by Gasteiger charge is 2.34. The number of halogens is 1. The Bertz CT molecular complexity index is 847. The van der Waals surface area contributed by atoms with Gasteiger partial charge in [-0.1, -0.05) is 12.1 Å². The zero-order valence-electron chi connectivity index (χ0n) is 12.0. The van der Waals surface area contributed by atoms with E-state index < -0.39 is 16.0 Å². The Kier molecular flexibility index (Phi) is 4.22. The molecule has 0 aliphatic carbocycles. The maximum absolute atomic E-state index is 13.3. The second-order valence-electron chi connectivity index (χ2n) is 5.33. The average Bonchev–Trinajstić information content (AvgIpc) is 3.17. The minimum Gasteiger partial charge on any atom is -0.477 e. The molecule has 122 valence electrons. The van der Waals surface area contributed by atoms with Crippen LogP contribution in [0.2, 0.25) is 0 Å². The fraction of sp³-hybridized carbons (Fsp3) is 0.267. The summed E-state index contributed by atoms with van der Waals surface area (Å²) in [6.07, 6.45) is 0.611. The lowest BCUT2D eigenvalue weighted by atomic mass is 9.99. The predicted octanol–water partition coefficient (Wildman–Crippen LogP) is 2.76. The third-order valence-electron chi connectivity index (χ3n) is 3.86. The molecule has 5 nitrogen and oxygen atoms in total. The van der Waals surface area contributed by atoms with Crippen molar-refractivity contribution in [3.05, 3.63) is 52.7 Å². The number of benzene rings is 1. The molecule has 2 heterocycles. The van der Waals surface area contributed by atoms with E-state index in [0.717, 1.165) is 16.9 Å². The lowest BCUT2D eigenvalue weighted by molar-refractivity contribution is 0.0702. The van der Waals surface area contributed by atoms with Gasteiger partial charge in [0.1, 0.15) is 14.9 Å². The third-order valence-corrected chi connectivity index (χ3v) is 7.26. The molecule has 2 aromatic rings. The average molecular weight is 355 g/mol. The Morgan fingerprint density at radius 2 is 2.09 bits per heavy atom. The molecule has 1 N–H and O–H groups in total. The van der Waals surface area contributed by atoms with Crippen molar-refractivity contribution in [1.29, 1.82) is 0 Å². The first-order chi connectivity index (χ1) is 10.9. The van der Waals surface area contributed by atoms with E-state index in [4.69, 9.17) is 5.11 Å². The third kappa shape index (κ3) is 3.15. The maximum atomic E-state index is 13.3. The molecule has 1 atom stereocenters. The van der Waals surface area contributed by atoms with E-state index in [-0.39, 0.29) is 27.4 Å². The van der Waals surface area contributed by atoms with E-state index in [0.29, 0.717) is 13.0 Å². The largest absolute Gasteiger partial charge is 0.477 e. The van der Waals surface area contributed by atoms with Gasteiger partial charge in [0.25, 0.3) is 10.0 Å². The van der Waals surface area contributed by atoms with E-state index in [1.54, 1.807) is 12.1 Å². The molecule has 1 aliphatic heterocycles. The summed E-state index contributed by atoms with van der Waals surface area (Å²) in [6.45, 7) is 0.607. The van der Waals surface area contributed by atoms with Gasteiger partial charge in [0.15, 0.2) is 0 Å². The quantitative estimate of drug-likeness (QED) is 0.915. The van der Waals surface area contributed by atoms with Crippen LogP contribution in [0.15, 0.2) is 40.6 Å². The van der Waals surface area contributed by atoms with Crippen molar-refractivity contribution in [2.45, 2.75) is 16.5 Å². The second-order valence-corrected chi connectivity index (χ2v) is 8.58. The van der Waals surface area contributed by atoms with Crippen LogP contribution in [0, 0.1) is 5.82 Å². The zero-order valence-corrected chi connectivity index (χ0v) is 13.6. The van der Waals surface area contributed by atoms with Crippen LogP contribution in [0.1, 0.15) is 27.6 Å². The number of thiophene rings is 1. The lowest BCUT2D eigenvalue weighted by Crippen LogP contribution is -2.28. The standard InChI is InChI=1S/C15H14FNO4S2/c16-12-3-1-2-10(8-12)11-6-7-17(9-11)23(20,21)14-5-4-13(22-14)15(18)19/h1-5,8,11H,6-7,9H2,(H,18,19). The van der Waals surface area contributed by atoms with E-state index in [1.807, 2.05) is 0 Å². The van der Waals surface area contributed by atoms with Crippen molar-refractivity contribution >= 4 is 27.3 Å². The molecule has 1 aromatic heterocycles. The summed E-state index contributed by atoms with van der Waals surface area (Å²) in [4.78, 5) is 10.9. The fourth-order valence-electron chi connectivity index (χ4n) is 2.68. The Labute approximate surface area is 137 Å². The molecule has 0 radical (unpaired) electrons. The second kappa shape index (κ2) is 6.03. The van der Waals surface area contributed by atoms with Gasteiger partial charge in [-0.2, -0.15) is 4.31 Å². The van der Waals surface area contributed by atoms with Gasteiger partial charge in [-0.25, -0.2) is 17.6 Å². The lowest BCUT2D eigenvalue weighted by Gasteiger charge is -2.15. The zero-order chi connectivity index (χ0) is 16.6. The highest BCUT2D eigenvalue weighted by Crippen LogP contribution is 2.33. The van der Waals surface area contributed by atoms with Crippen LogP contribution in [0.25, 0.3) is 0 Å². The summed E-state index contributed by atoms with van der Waals surface area (Å²) in [5.41, 5.74) is 0.778. The van der Waals surface area contributed by atoms with Crippen LogP contribution in [0.4, 0.5) is 4.39 Å². The summed E-state index contributed by atoms with van der Waals surface area (Å²) in [6, 6.07) is 8.79. The molecule has 0 amide bonds. The molecule has 1 fully saturated rings. The van der Waals surface area contributed by atoms with Crippen LogP contribution in [0.3, 0.4) is 0 Å². The monoisotopic (exact) mass is 355 g/mol. The van der Waals surface area contributed by atoms with Crippen molar-refractivity contribution in [2.75, 3.05) is 13.1 Å². The van der Waals surface area contributed by atoms with Crippen molar-refractivity contribution < 1.29 is 22.7 Å². The van der Waals surface area contributed by atoms with Gasteiger partial charge in [-0.05, 0) is 42.2 Å². The molecule has 0 spiro atoms. The van der Waals surface area contributed by atoms with E-state index in [1.165, 1.54) is 28.6 Å². The van der Waals surface area contributed by atoms with Gasteiger partial charge in [-0.3, -0.25) is 0 Å². The first-order valence-electron chi connectivity index (χ1n) is 6.96. The molecule has 3 rings (SSSR count). The number of carboxylic acids is 1. The van der Waals surface area contributed by atoms with E-state index >= 15 is 0 Å². The molecule has 8 heteroatoms. The van der Waals surface area contributed by atoms with Gasteiger partial charge >= 0.3 is 5.97 Å². The van der Waals surface area contributed by atoms with Gasteiger partial charge < -0.3 is 5.11 Å². The SMILES string of the molecule is O=C(O)c1ccc(S(=O)(=O)N2CCC(c3cccc(F)c3)C2)s1. The van der Waals surface area contributed by atoms with Gasteiger partial charge in [0.05, 0.1) is 0 Å². The first kappa shape index (κ1) is 16.1. The van der Waals surface area contributed by atoms with Crippen molar-refractivity contribution in [3.63, 3.8) is 0 Å². The van der Waals surface area contributed by atoms with Crippen LogP contribution >= 0.6 is 11.3 Å². The molecule has 23 heavy (non-hydrogen) atoms. The van der Waals surface area contributed by atoms with Crippen LogP contribution in [-0.4, -0.2) is 36.9 Å². The number of hydrogen-bond donors (Lipinski definition) is 1. The molecule has 0 bridgehead atoms. The van der Waals surface area contributed by atoms with E-state index in [9.17, 15) is 17.6 Å². The highest BCUT2D eigenvalue weighted by atomic mass is 32.2. The molecule has 1 aromatic carbocycles. The first-order valence-corrected chi connectivity index (χ1v) is 9.22.